The minimum absolute atomic E-state index is 0.00979. The predicted molar refractivity (Wildman–Crippen MR) is 124 cm³/mol. The van der Waals surface area contributed by atoms with Gasteiger partial charge in [0.15, 0.2) is 11.6 Å². The van der Waals surface area contributed by atoms with Gasteiger partial charge in [-0.3, -0.25) is 19.6 Å². The van der Waals surface area contributed by atoms with Gasteiger partial charge in [-0.2, -0.15) is 5.10 Å². The van der Waals surface area contributed by atoms with Crippen molar-refractivity contribution >= 4 is 33.3 Å². The van der Waals surface area contributed by atoms with E-state index in [9.17, 15) is 19.3 Å². The molecule has 174 valence electrons. The lowest BCUT2D eigenvalue weighted by molar-refractivity contribution is -0.385. The first kappa shape index (κ1) is 23.2. The van der Waals surface area contributed by atoms with Crippen LogP contribution in [0.5, 0.6) is 5.75 Å². The Labute approximate surface area is 201 Å². The van der Waals surface area contributed by atoms with Crippen molar-refractivity contribution in [3.05, 3.63) is 104 Å². The zero-order chi connectivity index (χ0) is 24.2. The molecule has 11 heteroatoms. The molecule has 9 nitrogen and oxygen atoms in total. The van der Waals surface area contributed by atoms with Crippen molar-refractivity contribution < 1.29 is 23.3 Å². The largest absolute Gasteiger partial charge is 0.486 e. The molecule has 0 unspecified atom stereocenters. The third-order valence-electron chi connectivity index (χ3n) is 4.84. The molecular formula is C23H18BrFN4O5. The Balaban J connectivity index is 1.36. The highest BCUT2D eigenvalue weighted by Gasteiger charge is 2.16. The maximum absolute atomic E-state index is 13.1. The van der Waals surface area contributed by atoms with E-state index < -0.39 is 10.8 Å². The molecule has 0 aliphatic rings. The number of anilines is 1. The van der Waals surface area contributed by atoms with E-state index in [1.807, 2.05) is 0 Å². The SMILES string of the molecule is Cc1cc(OCc2ccc(C(=O)Nc3nn(Cc4ccc(F)cc4)cc3Br)o2)ccc1[N+](=O)[O-]. The molecule has 0 saturated carbocycles. The number of aryl methyl sites for hydroxylation is 1. The fourth-order valence-corrected chi connectivity index (χ4v) is 3.58. The molecular weight excluding hydrogens is 511 g/mol. The molecule has 0 aliphatic carbocycles. The molecule has 0 radical (unpaired) electrons. The lowest BCUT2D eigenvalue weighted by Crippen LogP contribution is -2.12. The first-order chi connectivity index (χ1) is 16.3. The molecule has 1 N–H and O–H groups in total. The second-order valence-corrected chi connectivity index (χ2v) is 8.22. The number of carbonyl (C=O) groups excluding carboxylic acids is 1. The van der Waals surface area contributed by atoms with Crippen molar-refractivity contribution in [3.63, 3.8) is 0 Å². The van der Waals surface area contributed by atoms with E-state index in [2.05, 4.69) is 26.3 Å². The number of nitrogens with one attached hydrogen (secondary N) is 1. The van der Waals surface area contributed by atoms with Crippen LogP contribution in [-0.4, -0.2) is 20.6 Å². The van der Waals surface area contributed by atoms with Gasteiger partial charge in [-0.25, -0.2) is 4.39 Å². The Morgan fingerprint density at radius 2 is 2.00 bits per heavy atom. The van der Waals surface area contributed by atoms with E-state index in [-0.39, 0.29) is 23.9 Å². The highest BCUT2D eigenvalue weighted by molar-refractivity contribution is 9.10. The van der Waals surface area contributed by atoms with Gasteiger partial charge in [0.25, 0.3) is 11.6 Å². The summed E-state index contributed by atoms with van der Waals surface area (Å²) in [4.78, 5) is 23.0. The number of hydrogen-bond donors (Lipinski definition) is 1. The van der Waals surface area contributed by atoms with Crippen molar-refractivity contribution in [2.75, 3.05) is 5.32 Å². The minimum Gasteiger partial charge on any atom is -0.486 e. The Bertz CT molecular complexity index is 1350. The summed E-state index contributed by atoms with van der Waals surface area (Å²) >= 11 is 3.37. The number of amides is 1. The number of furan rings is 1. The monoisotopic (exact) mass is 528 g/mol. The number of rotatable bonds is 8. The first-order valence-electron chi connectivity index (χ1n) is 10.0. The quantitative estimate of drug-likeness (QED) is 0.239. The summed E-state index contributed by atoms with van der Waals surface area (Å²) in [6, 6.07) is 13.6. The maximum atomic E-state index is 13.1. The molecule has 0 spiro atoms. The lowest BCUT2D eigenvalue weighted by atomic mass is 10.2. The van der Waals surface area contributed by atoms with Gasteiger partial charge in [-0.1, -0.05) is 12.1 Å². The molecule has 4 rings (SSSR count). The van der Waals surface area contributed by atoms with Crippen LogP contribution in [-0.2, 0) is 13.2 Å². The summed E-state index contributed by atoms with van der Waals surface area (Å²) < 4.78 is 26.4. The molecule has 1 amide bonds. The average molecular weight is 529 g/mol. The third kappa shape index (κ3) is 5.49. The van der Waals surface area contributed by atoms with Gasteiger partial charge in [0, 0.05) is 17.8 Å². The number of nitrogens with zero attached hydrogens (tertiary/aromatic N) is 3. The zero-order valence-corrected chi connectivity index (χ0v) is 19.4. The van der Waals surface area contributed by atoms with Crippen molar-refractivity contribution in [1.29, 1.82) is 0 Å². The Hall–Kier alpha value is -3.99. The van der Waals surface area contributed by atoms with Crippen LogP contribution in [0.15, 0.2) is 69.7 Å². The zero-order valence-electron chi connectivity index (χ0n) is 17.8. The Morgan fingerprint density at radius 1 is 1.24 bits per heavy atom. The molecule has 0 bridgehead atoms. The fourth-order valence-electron chi connectivity index (χ4n) is 3.16. The molecule has 2 heterocycles. The number of hydrogen-bond acceptors (Lipinski definition) is 6. The molecule has 4 aromatic rings. The van der Waals surface area contributed by atoms with Crippen molar-refractivity contribution in [1.82, 2.24) is 9.78 Å². The maximum Gasteiger partial charge on any atom is 0.292 e. The van der Waals surface area contributed by atoms with Gasteiger partial charge < -0.3 is 14.5 Å². The lowest BCUT2D eigenvalue weighted by Gasteiger charge is -2.05. The van der Waals surface area contributed by atoms with E-state index in [0.29, 0.717) is 33.9 Å². The summed E-state index contributed by atoms with van der Waals surface area (Å²) in [6.45, 7) is 2.07. The molecule has 2 aromatic carbocycles. The van der Waals surface area contributed by atoms with E-state index in [4.69, 9.17) is 9.15 Å². The number of ether oxygens (including phenoxy) is 1. The molecule has 0 aliphatic heterocycles. The topological polar surface area (TPSA) is 112 Å². The Kier molecular flexibility index (Phi) is 6.73. The number of halogens is 2. The van der Waals surface area contributed by atoms with E-state index in [1.165, 1.54) is 30.3 Å². The highest BCUT2D eigenvalue weighted by Crippen LogP contribution is 2.25. The number of benzene rings is 2. The smallest absolute Gasteiger partial charge is 0.292 e. The minimum atomic E-state index is -0.495. The second kappa shape index (κ2) is 9.87. The number of aromatic nitrogens is 2. The van der Waals surface area contributed by atoms with Gasteiger partial charge in [-0.15, -0.1) is 0 Å². The van der Waals surface area contributed by atoms with E-state index in [1.54, 1.807) is 42.1 Å². The van der Waals surface area contributed by atoms with E-state index >= 15 is 0 Å². The van der Waals surface area contributed by atoms with Crippen LogP contribution in [0.1, 0.15) is 27.4 Å². The van der Waals surface area contributed by atoms with Crippen LogP contribution >= 0.6 is 15.9 Å². The van der Waals surface area contributed by atoms with Crippen LogP contribution in [0.4, 0.5) is 15.9 Å². The second-order valence-electron chi connectivity index (χ2n) is 7.36. The molecule has 2 aromatic heterocycles. The number of nitro benzene ring substituents is 1. The highest BCUT2D eigenvalue weighted by atomic mass is 79.9. The summed E-state index contributed by atoms with van der Waals surface area (Å²) in [5, 5.41) is 17.9. The summed E-state index contributed by atoms with van der Waals surface area (Å²) in [5.41, 5.74) is 1.34. The van der Waals surface area contributed by atoms with Gasteiger partial charge in [-0.05, 0) is 64.8 Å². The van der Waals surface area contributed by atoms with Crippen LogP contribution < -0.4 is 10.1 Å². The van der Waals surface area contributed by atoms with Crippen molar-refractivity contribution in [2.45, 2.75) is 20.1 Å². The summed E-state index contributed by atoms with van der Waals surface area (Å²) in [5.74, 6) is 0.416. The van der Waals surface area contributed by atoms with Crippen LogP contribution in [0.3, 0.4) is 0 Å². The number of nitro groups is 1. The van der Waals surface area contributed by atoms with Crippen molar-refractivity contribution in [3.8, 4) is 5.75 Å². The van der Waals surface area contributed by atoms with Crippen molar-refractivity contribution in [2.24, 2.45) is 0 Å². The van der Waals surface area contributed by atoms with Crippen LogP contribution in [0.2, 0.25) is 0 Å². The molecule has 0 fully saturated rings. The predicted octanol–water partition coefficient (Wildman–Crippen LogP) is 5.47. The van der Waals surface area contributed by atoms with Gasteiger partial charge >= 0.3 is 0 Å². The number of carbonyl (C=O) groups is 1. The Morgan fingerprint density at radius 3 is 2.71 bits per heavy atom. The normalized spacial score (nSPS) is 10.8. The fraction of sp³-hybridized carbons (Fsp3) is 0.130. The van der Waals surface area contributed by atoms with Gasteiger partial charge in [0.05, 0.1) is 15.9 Å². The van der Waals surface area contributed by atoms with Gasteiger partial charge in [0.2, 0.25) is 0 Å². The molecule has 0 saturated heterocycles. The third-order valence-corrected chi connectivity index (χ3v) is 5.42. The van der Waals surface area contributed by atoms with Crippen LogP contribution in [0.25, 0.3) is 0 Å². The first-order valence-corrected chi connectivity index (χ1v) is 10.8. The standard InChI is InChI=1S/C23H18BrFN4O5/c1-14-10-17(6-8-20(14)29(31)32)33-13-18-7-9-21(34-18)23(30)26-22-19(24)12-28(27-22)11-15-2-4-16(25)5-3-15/h2-10,12H,11,13H2,1H3,(H,26,27,30). The average Bonchev–Trinajstić information content (AvgIpc) is 3.40. The van der Waals surface area contributed by atoms with E-state index in [0.717, 1.165) is 5.56 Å². The summed E-state index contributed by atoms with van der Waals surface area (Å²) in [7, 11) is 0. The molecule has 0 atom stereocenters. The summed E-state index contributed by atoms with van der Waals surface area (Å²) in [6.07, 6.45) is 1.70. The molecule has 34 heavy (non-hydrogen) atoms. The van der Waals surface area contributed by atoms with Gasteiger partial charge in [0.1, 0.15) is 23.9 Å². The van der Waals surface area contributed by atoms with Crippen LogP contribution in [0, 0.1) is 22.9 Å².